The first-order valence-electron chi connectivity index (χ1n) is 8.81. The Kier molecular flexibility index (Phi) is 5.72. The van der Waals surface area contributed by atoms with Gasteiger partial charge in [0.05, 0.1) is 12.2 Å². The maximum absolute atomic E-state index is 12.5. The summed E-state index contributed by atoms with van der Waals surface area (Å²) in [6.45, 7) is 2.86. The quantitative estimate of drug-likeness (QED) is 0.717. The number of nitrogens with one attached hydrogen (secondary N) is 1. The highest BCUT2D eigenvalue weighted by Gasteiger charge is 2.23. The van der Waals surface area contributed by atoms with Crippen molar-refractivity contribution in [2.75, 3.05) is 11.9 Å². The molecule has 1 aromatic heterocycles. The monoisotopic (exact) mass is 354 g/mol. The second-order valence-corrected chi connectivity index (χ2v) is 7.31. The van der Waals surface area contributed by atoms with Crippen LogP contribution in [0, 0.1) is 11.3 Å². The van der Waals surface area contributed by atoms with E-state index in [4.69, 9.17) is 4.74 Å². The summed E-state index contributed by atoms with van der Waals surface area (Å²) >= 11 is 1.54. The Bertz CT molecular complexity index is 787. The fourth-order valence-electron chi connectivity index (χ4n) is 3.03. The molecule has 1 aliphatic carbocycles. The number of nitrogens with zero attached hydrogens (tertiary/aromatic N) is 1. The molecular weight excluding hydrogens is 332 g/mol. The highest BCUT2D eigenvalue weighted by molar-refractivity contribution is 7.16. The molecule has 0 atom stereocenters. The van der Waals surface area contributed by atoms with Gasteiger partial charge in [-0.15, -0.1) is 11.3 Å². The number of benzene rings is 1. The molecule has 0 unspecified atom stereocenters. The lowest BCUT2D eigenvalue weighted by molar-refractivity contribution is 0.102. The van der Waals surface area contributed by atoms with Crippen LogP contribution in [0.4, 0.5) is 5.00 Å². The zero-order valence-corrected chi connectivity index (χ0v) is 15.2. The van der Waals surface area contributed by atoms with Gasteiger partial charge in [-0.2, -0.15) is 5.26 Å². The Labute approximate surface area is 152 Å². The third-order valence-electron chi connectivity index (χ3n) is 4.39. The number of carbonyl (C=O) groups excluding carboxylic acids is 1. The minimum atomic E-state index is -0.186. The molecule has 0 radical (unpaired) electrons. The van der Waals surface area contributed by atoms with Gasteiger partial charge in [0.15, 0.2) is 0 Å². The normalized spacial score (nSPS) is 12.5. The first-order valence-corrected chi connectivity index (χ1v) is 9.63. The summed E-state index contributed by atoms with van der Waals surface area (Å²) in [5.74, 6) is 0.592. The van der Waals surface area contributed by atoms with Crippen molar-refractivity contribution < 1.29 is 9.53 Å². The van der Waals surface area contributed by atoms with Crippen molar-refractivity contribution in [3.63, 3.8) is 0 Å². The van der Waals surface area contributed by atoms with Gasteiger partial charge in [0.25, 0.3) is 5.91 Å². The van der Waals surface area contributed by atoms with Gasteiger partial charge < -0.3 is 10.1 Å². The van der Waals surface area contributed by atoms with Gasteiger partial charge in [0.1, 0.15) is 16.8 Å². The highest BCUT2D eigenvalue weighted by atomic mass is 32.1. The van der Waals surface area contributed by atoms with Crippen LogP contribution in [-0.4, -0.2) is 12.5 Å². The van der Waals surface area contributed by atoms with Crippen LogP contribution < -0.4 is 10.1 Å². The Morgan fingerprint density at radius 1 is 1.28 bits per heavy atom. The van der Waals surface area contributed by atoms with Gasteiger partial charge in [-0.05, 0) is 55.5 Å². The number of amides is 1. The Morgan fingerprint density at radius 2 is 2.08 bits per heavy atom. The Morgan fingerprint density at radius 3 is 2.80 bits per heavy atom. The van der Waals surface area contributed by atoms with E-state index in [1.54, 1.807) is 12.1 Å². The number of hydrogen-bond donors (Lipinski definition) is 1. The fourth-order valence-corrected chi connectivity index (χ4v) is 4.27. The summed E-state index contributed by atoms with van der Waals surface area (Å²) in [4.78, 5) is 13.7. The molecule has 1 aromatic carbocycles. The summed E-state index contributed by atoms with van der Waals surface area (Å²) in [5, 5.41) is 13.0. The van der Waals surface area contributed by atoms with Gasteiger partial charge in [-0.1, -0.05) is 19.8 Å². The maximum atomic E-state index is 12.5. The van der Waals surface area contributed by atoms with E-state index in [-0.39, 0.29) is 5.91 Å². The van der Waals surface area contributed by atoms with E-state index in [2.05, 4.69) is 18.3 Å². The first-order chi connectivity index (χ1) is 12.2. The molecule has 0 bridgehead atoms. The highest BCUT2D eigenvalue weighted by Crippen LogP contribution is 2.38. The Balaban J connectivity index is 1.63. The van der Waals surface area contributed by atoms with Crippen LogP contribution in [0.2, 0.25) is 0 Å². The van der Waals surface area contributed by atoms with Crippen LogP contribution in [0.25, 0.3) is 0 Å². The number of anilines is 1. The summed E-state index contributed by atoms with van der Waals surface area (Å²) in [7, 11) is 0. The lowest BCUT2D eigenvalue weighted by Crippen LogP contribution is -2.11. The molecule has 0 fully saturated rings. The average Bonchev–Trinajstić information content (AvgIpc) is 3.19. The number of rotatable bonds is 7. The predicted molar refractivity (Wildman–Crippen MR) is 100 cm³/mol. The van der Waals surface area contributed by atoms with E-state index in [1.165, 1.54) is 22.6 Å². The van der Waals surface area contributed by atoms with E-state index in [1.807, 2.05) is 12.1 Å². The Hall–Kier alpha value is -2.32. The molecule has 5 heteroatoms. The SMILES string of the molecule is CCCCCOc1ccc(C(=O)Nc2sc3c(c2C#N)CCC3)cc1. The molecule has 1 amide bonds. The molecule has 130 valence electrons. The van der Waals surface area contributed by atoms with Crippen LogP contribution in [0.3, 0.4) is 0 Å². The number of thiophene rings is 1. The summed E-state index contributed by atoms with van der Waals surface area (Å²) in [5.41, 5.74) is 2.33. The van der Waals surface area contributed by atoms with E-state index in [9.17, 15) is 10.1 Å². The lowest BCUT2D eigenvalue weighted by Gasteiger charge is -2.07. The largest absolute Gasteiger partial charge is 0.494 e. The lowest BCUT2D eigenvalue weighted by atomic mass is 10.1. The number of ether oxygens (including phenoxy) is 1. The van der Waals surface area contributed by atoms with E-state index >= 15 is 0 Å². The van der Waals surface area contributed by atoms with E-state index in [0.29, 0.717) is 22.7 Å². The van der Waals surface area contributed by atoms with Crippen molar-refractivity contribution in [1.29, 1.82) is 5.26 Å². The second kappa shape index (κ2) is 8.17. The molecule has 4 nitrogen and oxygen atoms in total. The van der Waals surface area contributed by atoms with Crippen molar-refractivity contribution in [3.8, 4) is 11.8 Å². The molecular formula is C20H22N2O2S. The maximum Gasteiger partial charge on any atom is 0.256 e. The van der Waals surface area contributed by atoms with Crippen LogP contribution in [0.1, 0.15) is 59.0 Å². The van der Waals surface area contributed by atoms with Gasteiger partial charge >= 0.3 is 0 Å². The van der Waals surface area contributed by atoms with Crippen molar-refractivity contribution >= 4 is 22.2 Å². The second-order valence-electron chi connectivity index (χ2n) is 6.21. The zero-order valence-electron chi connectivity index (χ0n) is 14.4. The van der Waals surface area contributed by atoms with Crippen LogP contribution in [0.5, 0.6) is 5.75 Å². The topological polar surface area (TPSA) is 62.1 Å². The number of hydrogen-bond acceptors (Lipinski definition) is 4. The predicted octanol–water partition coefficient (Wildman–Crippen LogP) is 4.93. The average molecular weight is 354 g/mol. The molecule has 1 N–H and O–H groups in total. The molecule has 3 rings (SSSR count). The summed E-state index contributed by atoms with van der Waals surface area (Å²) in [6, 6.07) is 9.41. The van der Waals surface area contributed by atoms with E-state index < -0.39 is 0 Å². The number of nitriles is 1. The molecule has 0 aliphatic heterocycles. The number of carbonyl (C=O) groups is 1. The van der Waals surface area contributed by atoms with Crippen LogP contribution in [0.15, 0.2) is 24.3 Å². The van der Waals surface area contributed by atoms with Crippen molar-refractivity contribution in [2.45, 2.75) is 45.4 Å². The first kappa shape index (κ1) is 17.5. The van der Waals surface area contributed by atoms with Crippen LogP contribution in [-0.2, 0) is 12.8 Å². The summed E-state index contributed by atoms with van der Waals surface area (Å²) < 4.78 is 5.67. The number of fused-ring (bicyclic) bond motifs is 1. The third kappa shape index (κ3) is 4.02. The van der Waals surface area contributed by atoms with Crippen LogP contribution >= 0.6 is 11.3 Å². The standard InChI is InChI=1S/C20H22N2O2S/c1-2-3-4-12-24-15-10-8-14(9-11-15)19(23)22-20-17(13-21)16-6-5-7-18(16)25-20/h8-11H,2-7,12H2,1H3,(H,22,23). The number of aryl methyl sites for hydroxylation is 1. The van der Waals surface area contributed by atoms with Gasteiger partial charge in [-0.3, -0.25) is 4.79 Å². The van der Waals surface area contributed by atoms with Crippen molar-refractivity contribution in [1.82, 2.24) is 0 Å². The molecule has 0 spiro atoms. The minimum Gasteiger partial charge on any atom is -0.494 e. The van der Waals surface area contributed by atoms with Crippen molar-refractivity contribution in [3.05, 3.63) is 45.8 Å². The minimum absolute atomic E-state index is 0.186. The van der Waals surface area contributed by atoms with Gasteiger partial charge in [0.2, 0.25) is 0 Å². The smallest absolute Gasteiger partial charge is 0.256 e. The summed E-state index contributed by atoms with van der Waals surface area (Å²) in [6.07, 6.45) is 6.41. The van der Waals surface area contributed by atoms with Gasteiger partial charge in [-0.25, -0.2) is 0 Å². The fraction of sp³-hybridized carbons (Fsp3) is 0.400. The molecule has 25 heavy (non-hydrogen) atoms. The van der Waals surface area contributed by atoms with Crippen molar-refractivity contribution in [2.24, 2.45) is 0 Å². The molecule has 0 saturated carbocycles. The molecule has 1 aliphatic rings. The third-order valence-corrected chi connectivity index (χ3v) is 5.60. The number of unbranched alkanes of at least 4 members (excludes halogenated alkanes) is 2. The zero-order chi connectivity index (χ0) is 17.6. The van der Waals surface area contributed by atoms with Gasteiger partial charge in [0, 0.05) is 10.4 Å². The molecule has 1 heterocycles. The van der Waals surface area contributed by atoms with E-state index in [0.717, 1.165) is 43.4 Å². The molecule has 2 aromatic rings. The molecule has 0 saturated heterocycles.